The fraction of sp³-hybridized carbons (Fsp3) is 0.571. The van der Waals surface area contributed by atoms with Crippen LogP contribution in [0.25, 0.3) is 10.9 Å². The Morgan fingerprint density at radius 1 is 1.32 bits per heavy atom. The normalized spacial score (nSPS) is 22.0. The van der Waals surface area contributed by atoms with Crippen molar-refractivity contribution in [1.82, 2.24) is 10.3 Å². The number of hydrogen-bond acceptors (Lipinski definition) is 4. The van der Waals surface area contributed by atoms with Gasteiger partial charge in [-0.2, -0.15) is 0 Å². The minimum absolute atomic E-state index is 0.205. The molecule has 3 rings (SSSR count). The molecular formula is C21H30N2O2. The van der Waals surface area contributed by atoms with E-state index < -0.39 is 0 Å². The Kier molecular flexibility index (Phi) is 6.27. The first-order valence-electron chi connectivity index (χ1n) is 9.48. The molecule has 2 heterocycles. The molecule has 1 aromatic carbocycles. The quantitative estimate of drug-likeness (QED) is 0.808. The Balaban J connectivity index is 1.64. The van der Waals surface area contributed by atoms with Gasteiger partial charge in [0.2, 0.25) is 0 Å². The maximum atomic E-state index is 9.75. The third-order valence-electron chi connectivity index (χ3n) is 5.47. The Labute approximate surface area is 150 Å². The second-order valence-electron chi connectivity index (χ2n) is 7.34. The predicted octanol–water partition coefficient (Wildman–Crippen LogP) is 3.56. The van der Waals surface area contributed by atoms with Crippen LogP contribution in [0.5, 0.6) is 5.75 Å². The molecule has 3 atom stereocenters. The predicted molar refractivity (Wildman–Crippen MR) is 102 cm³/mol. The van der Waals surface area contributed by atoms with Gasteiger partial charge in [-0.05, 0) is 93.8 Å². The van der Waals surface area contributed by atoms with Crippen molar-refractivity contribution in [3.8, 4) is 5.75 Å². The van der Waals surface area contributed by atoms with Crippen molar-refractivity contribution >= 4 is 10.9 Å². The number of ether oxygens (including phenoxy) is 1. The lowest BCUT2D eigenvalue weighted by Gasteiger charge is -2.33. The highest BCUT2D eigenvalue weighted by atomic mass is 16.5. The summed E-state index contributed by atoms with van der Waals surface area (Å²) >= 11 is 0. The van der Waals surface area contributed by atoms with Gasteiger partial charge in [0.15, 0.2) is 0 Å². The first-order valence-corrected chi connectivity index (χ1v) is 9.48. The van der Waals surface area contributed by atoms with Crippen LogP contribution in [0.15, 0.2) is 30.5 Å². The summed E-state index contributed by atoms with van der Waals surface area (Å²) in [7, 11) is 1.70. The average molecular weight is 342 g/mol. The molecule has 4 nitrogen and oxygen atoms in total. The number of nitrogens with one attached hydrogen (secondary N) is 1. The van der Waals surface area contributed by atoms with Gasteiger partial charge in [-0.1, -0.05) is 0 Å². The van der Waals surface area contributed by atoms with E-state index in [1.54, 1.807) is 7.11 Å². The number of hydrogen-bond donors (Lipinski definition) is 2. The van der Waals surface area contributed by atoms with E-state index in [4.69, 9.17) is 4.74 Å². The van der Waals surface area contributed by atoms with Crippen molar-refractivity contribution < 1.29 is 9.84 Å². The van der Waals surface area contributed by atoms with E-state index >= 15 is 0 Å². The van der Waals surface area contributed by atoms with Gasteiger partial charge < -0.3 is 15.2 Å². The molecule has 2 N–H and O–H groups in total. The zero-order chi connectivity index (χ0) is 17.6. The molecular weight excluding hydrogens is 312 g/mol. The van der Waals surface area contributed by atoms with Crippen LogP contribution in [0, 0.1) is 11.8 Å². The summed E-state index contributed by atoms with van der Waals surface area (Å²) in [6.07, 6.45) is 7.31. The van der Waals surface area contributed by atoms with Crippen molar-refractivity contribution in [3.63, 3.8) is 0 Å². The molecule has 0 aliphatic carbocycles. The Morgan fingerprint density at radius 2 is 2.20 bits per heavy atom. The summed E-state index contributed by atoms with van der Waals surface area (Å²) in [6, 6.07) is 8.23. The molecule has 1 fully saturated rings. The number of piperidine rings is 1. The highest BCUT2D eigenvalue weighted by molar-refractivity contribution is 5.83. The van der Waals surface area contributed by atoms with Crippen molar-refractivity contribution in [1.29, 1.82) is 0 Å². The van der Waals surface area contributed by atoms with E-state index in [2.05, 4.69) is 22.4 Å². The molecule has 0 spiro atoms. The number of aliphatic hydroxyl groups is 1. The molecule has 0 saturated carbocycles. The second kappa shape index (κ2) is 8.63. The van der Waals surface area contributed by atoms with E-state index in [0.717, 1.165) is 43.1 Å². The van der Waals surface area contributed by atoms with Gasteiger partial charge in [-0.25, -0.2) is 0 Å². The van der Waals surface area contributed by atoms with Crippen molar-refractivity contribution in [2.75, 3.05) is 20.2 Å². The lowest BCUT2D eigenvalue weighted by Crippen LogP contribution is -2.38. The fourth-order valence-corrected chi connectivity index (χ4v) is 4.15. The molecule has 2 aromatic rings. The first-order chi connectivity index (χ1) is 12.2. The zero-order valence-corrected chi connectivity index (χ0v) is 15.4. The molecule has 0 radical (unpaired) electrons. The van der Waals surface area contributed by atoms with Gasteiger partial charge in [0, 0.05) is 11.6 Å². The zero-order valence-electron chi connectivity index (χ0n) is 15.4. The summed E-state index contributed by atoms with van der Waals surface area (Å²) in [4.78, 5) is 4.47. The lowest BCUT2D eigenvalue weighted by atomic mass is 9.79. The summed E-state index contributed by atoms with van der Waals surface area (Å²) < 4.78 is 5.37. The van der Waals surface area contributed by atoms with Crippen LogP contribution in [0.2, 0.25) is 0 Å². The molecule has 4 heteroatoms. The third kappa shape index (κ3) is 4.71. The smallest absolute Gasteiger partial charge is 0.119 e. The fourth-order valence-electron chi connectivity index (χ4n) is 4.15. The first kappa shape index (κ1) is 18.2. The summed E-state index contributed by atoms with van der Waals surface area (Å²) in [5.41, 5.74) is 2.39. The molecule has 0 bridgehead atoms. The molecule has 2 unspecified atom stereocenters. The number of methoxy groups -OCH3 is 1. The van der Waals surface area contributed by atoms with E-state index in [9.17, 15) is 5.11 Å². The molecule has 0 amide bonds. The van der Waals surface area contributed by atoms with Gasteiger partial charge in [0.25, 0.3) is 0 Å². The SMILES string of the molecule is COc1ccc2nccc(CCCC3CCNCC3C[C@@H](C)O)c2c1. The van der Waals surface area contributed by atoms with Gasteiger partial charge in [0.05, 0.1) is 18.7 Å². The van der Waals surface area contributed by atoms with E-state index in [1.165, 1.54) is 30.2 Å². The minimum atomic E-state index is -0.205. The largest absolute Gasteiger partial charge is 0.497 e. The topological polar surface area (TPSA) is 54.4 Å². The maximum absolute atomic E-state index is 9.75. The van der Waals surface area contributed by atoms with E-state index in [1.807, 2.05) is 25.3 Å². The van der Waals surface area contributed by atoms with Gasteiger partial charge >= 0.3 is 0 Å². The van der Waals surface area contributed by atoms with Gasteiger partial charge in [-0.3, -0.25) is 4.98 Å². The lowest BCUT2D eigenvalue weighted by molar-refractivity contribution is 0.120. The van der Waals surface area contributed by atoms with E-state index in [-0.39, 0.29) is 6.10 Å². The van der Waals surface area contributed by atoms with Crippen LogP contribution in [0.3, 0.4) is 0 Å². The van der Waals surface area contributed by atoms with Crippen LogP contribution < -0.4 is 10.1 Å². The Bertz CT molecular complexity index is 687. The van der Waals surface area contributed by atoms with Crippen LogP contribution in [-0.4, -0.2) is 36.4 Å². The minimum Gasteiger partial charge on any atom is -0.497 e. The number of nitrogens with zero attached hydrogens (tertiary/aromatic N) is 1. The number of aliphatic hydroxyl groups excluding tert-OH is 1. The van der Waals surface area contributed by atoms with Crippen LogP contribution >= 0.6 is 0 Å². The van der Waals surface area contributed by atoms with Crippen molar-refractivity contribution in [3.05, 3.63) is 36.0 Å². The second-order valence-corrected chi connectivity index (χ2v) is 7.34. The molecule has 1 aliphatic heterocycles. The molecule has 136 valence electrons. The van der Waals surface area contributed by atoms with Crippen molar-refractivity contribution in [2.24, 2.45) is 11.8 Å². The number of pyridine rings is 1. The number of aryl methyl sites for hydroxylation is 1. The summed E-state index contributed by atoms with van der Waals surface area (Å²) in [6.45, 7) is 4.06. The molecule has 1 aliphatic rings. The molecule has 1 saturated heterocycles. The molecule has 25 heavy (non-hydrogen) atoms. The average Bonchev–Trinajstić information content (AvgIpc) is 2.62. The summed E-state index contributed by atoms with van der Waals surface area (Å²) in [5.74, 6) is 2.21. The third-order valence-corrected chi connectivity index (χ3v) is 5.47. The Morgan fingerprint density at radius 3 is 3.00 bits per heavy atom. The van der Waals surface area contributed by atoms with E-state index in [0.29, 0.717) is 5.92 Å². The standard InChI is InChI=1S/C21H30N2O2/c1-15(24)12-18-14-22-10-8-16(18)4-3-5-17-9-11-23-21-7-6-19(25-2)13-20(17)21/h6-7,9,11,13,15-16,18,22,24H,3-5,8,10,12,14H2,1-2H3/t15-,16?,18?/m1/s1. The van der Waals surface area contributed by atoms with Crippen molar-refractivity contribution in [2.45, 2.75) is 45.1 Å². The van der Waals surface area contributed by atoms with Crippen LogP contribution in [0.1, 0.15) is 38.2 Å². The number of aromatic nitrogens is 1. The van der Waals surface area contributed by atoms with Gasteiger partial charge in [0.1, 0.15) is 5.75 Å². The van der Waals surface area contributed by atoms with Crippen LogP contribution in [0.4, 0.5) is 0 Å². The number of fused-ring (bicyclic) bond motifs is 1. The molecule has 1 aromatic heterocycles. The maximum Gasteiger partial charge on any atom is 0.119 e. The van der Waals surface area contributed by atoms with Gasteiger partial charge in [-0.15, -0.1) is 0 Å². The van der Waals surface area contributed by atoms with Crippen LogP contribution in [-0.2, 0) is 6.42 Å². The monoisotopic (exact) mass is 342 g/mol. The number of benzene rings is 1. The summed E-state index contributed by atoms with van der Waals surface area (Å²) in [5, 5.41) is 14.4. The number of rotatable bonds is 7. The highest BCUT2D eigenvalue weighted by Gasteiger charge is 2.25. The Hall–Kier alpha value is -1.65. The highest BCUT2D eigenvalue weighted by Crippen LogP contribution is 2.29.